The molecule has 1 aromatic rings. The molecule has 0 aromatic heterocycles. The minimum atomic E-state index is -3.77. The van der Waals surface area contributed by atoms with Crippen LogP contribution in [0.15, 0.2) is 30.3 Å². The van der Waals surface area contributed by atoms with E-state index in [1.54, 1.807) is 31.2 Å². The molecule has 7 heteroatoms. The van der Waals surface area contributed by atoms with Crippen LogP contribution in [-0.4, -0.2) is 43.4 Å². The fraction of sp³-hybridized carbons (Fsp3) is 0.417. The lowest BCUT2D eigenvalue weighted by atomic mass is 10.1. The van der Waals surface area contributed by atoms with Crippen molar-refractivity contribution in [3.63, 3.8) is 0 Å². The minimum Gasteiger partial charge on any atom is -0.480 e. The molecule has 106 valence electrons. The first-order valence-corrected chi connectivity index (χ1v) is 7.31. The van der Waals surface area contributed by atoms with E-state index in [2.05, 4.69) is 4.72 Å². The summed E-state index contributed by atoms with van der Waals surface area (Å²) in [5.74, 6) is -1.20. The lowest BCUT2D eigenvalue weighted by molar-refractivity contribution is -0.138. The first-order chi connectivity index (χ1) is 8.86. The topological polar surface area (TPSA) is 86.7 Å². The van der Waals surface area contributed by atoms with Crippen molar-refractivity contribution in [1.29, 1.82) is 0 Å². The molecule has 0 heterocycles. The van der Waals surface area contributed by atoms with Crippen molar-refractivity contribution in [2.24, 2.45) is 0 Å². The first-order valence-electron chi connectivity index (χ1n) is 5.87. The molecule has 0 radical (unpaired) electrons. The predicted octanol–water partition coefficient (Wildman–Crippen LogP) is 0.468. The van der Waals surface area contributed by atoms with Crippen LogP contribution in [0, 0.1) is 0 Å². The van der Waals surface area contributed by atoms with Crippen molar-refractivity contribution >= 4 is 16.2 Å². The summed E-state index contributed by atoms with van der Waals surface area (Å²) in [5, 5.41) is 9.11. The largest absolute Gasteiger partial charge is 0.480 e. The maximum Gasteiger partial charge on any atom is 0.322 e. The summed E-state index contributed by atoms with van der Waals surface area (Å²) in [4.78, 5) is 11.1. The third-order valence-electron chi connectivity index (χ3n) is 2.73. The molecule has 0 saturated carbocycles. The van der Waals surface area contributed by atoms with Crippen LogP contribution in [0.2, 0.25) is 0 Å². The molecule has 0 aliphatic rings. The summed E-state index contributed by atoms with van der Waals surface area (Å²) >= 11 is 0. The molecule has 0 bridgehead atoms. The molecule has 0 aliphatic carbocycles. The summed E-state index contributed by atoms with van der Waals surface area (Å²) < 4.78 is 26.9. The van der Waals surface area contributed by atoms with E-state index in [1.807, 2.05) is 6.07 Å². The average molecular weight is 286 g/mol. The van der Waals surface area contributed by atoms with Crippen molar-refractivity contribution in [2.45, 2.75) is 19.4 Å². The van der Waals surface area contributed by atoms with E-state index in [-0.39, 0.29) is 13.0 Å². The highest BCUT2D eigenvalue weighted by Gasteiger charge is 2.26. The third kappa shape index (κ3) is 4.62. The number of benzene rings is 1. The van der Waals surface area contributed by atoms with Crippen LogP contribution in [0.25, 0.3) is 0 Å². The minimum absolute atomic E-state index is 0.104. The molecule has 1 rings (SSSR count). The summed E-state index contributed by atoms with van der Waals surface area (Å²) in [7, 11) is -2.38. The highest BCUT2D eigenvalue weighted by Crippen LogP contribution is 2.05. The predicted molar refractivity (Wildman–Crippen MR) is 71.9 cm³/mol. The Hall–Kier alpha value is -1.44. The van der Waals surface area contributed by atoms with Crippen LogP contribution in [-0.2, 0) is 21.4 Å². The van der Waals surface area contributed by atoms with Crippen molar-refractivity contribution in [2.75, 3.05) is 13.6 Å². The fourth-order valence-electron chi connectivity index (χ4n) is 1.47. The lowest BCUT2D eigenvalue weighted by Crippen LogP contribution is -2.48. The number of nitrogens with zero attached hydrogens (tertiary/aromatic N) is 1. The van der Waals surface area contributed by atoms with Gasteiger partial charge in [-0.3, -0.25) is 4.79 Å². The van der Waals surface area contributed by atoms with E-state index >= 15 is 0 Å². The molecular weight excluding hydrogens is 268 g/mol. The van der Waals surface area contributed by atoms with Crippen LogP contribution in [0.1, 0.15) is 12.5 Å². The van der Waals surface area contributed by atoms with Gasteiger partial charge in [0.05, 0.1) is 0 Å². The Morgan fingerprint density at radius 2 is 1.95 bits per heavy atom. The number of hydrogen-bond acceptors (Lipinski definition) is 3. The van der Waals surface area contributed by atoms with E-state index in [0.29, 0.717) is 0 Å². The number of carbonyl (C=O) groups is 1. The molecule has 0 unspecified atom stereocenters. The Morgan fingerprint density at radius 3 is 2.42 bits per heavy atom. The zero-order chi connectivity index (χ0) is 14.5. The van der Waals surface area contributed by atoms with Crippen LogP contribution in [0.4, 0.5) is 0 Å². The van der Waals surface area contributed by atoms with Crippen molar-refractivity contribution < 1.29 is 18.3 Å². The van der Waals surface area contributed by atoms with Crippen molar-refractivity contribution in [3.05, 3.63) is 35.9 Å². The maximum absolute atomic E-state index is 11.8. The van der Waals surface area contributed by atoms with Gasteiger partial charge in [-0.25, -0.2) is 0 Å². The summed E-state index contributed by atoms with van der Waals surface area (Å²) in [6.45, 7) is 1.94. The maximum atomic E-state index is 11.8. The summed E-state index contributed by atoms with van der Waals surface area (Å²) in [6.07, 6.45) is 0.104. The van der Waals surface area contributed by atoms with Crippen LogP contribution < -0.4 is 4.72 Å². The summed E-state index contributed by atoms with van der Waals surface area (Å²) in [5.41, 5.74) is 0.761. The number of carboxylic acid groups (broad SMARTS) is 1. The quantitative estimate of drug-likeness (QED) is 0.763. The van der Waals surface area contributed by atoms with Gasteiger partial charge in [0.25, 0.3) is 10.2 Å². The first kappa shape index (κ1) is 15.6. The van der Waals surface area contributed by atoms with E-state index in [1.165, 1.54) is 7.05 Å². The molecule has 1 atom stereocenters. The van der Waals surface area contributed by atoms with Gasteiger partial charge < -0.3 is 5.11 Å². The van der Waals surface area contributed by atoms with Gasteiger partial charge in [0.1, 0.15) is 6.04 Å². The van der Waals surface area contributed by atoms with Crippen LogP contribution >= 0.6 is 0 Å². The molecule has 2 N–H and O–H groups in total. The Morgan fingerprint density at radius 1 is 1.37 bits per heavy atom. The number of rotatable bonds is 7. The normalized spacial score (nSPS) is 13.4. The van der Waals surface area contributed by atoms with Gasteiger partial charge in [-0.1, -0.05) is 37.3 Å². The SMILES string of the molecule is CCN(C)S(=O)(=O)N[C@H](Cc1ccccc1)C(=O)O. The lowest BCUT2D eigenvalue weighted by Gasteiger charge is -2.20. The van der Waals surface area contributed by atoms with Gasteiger partial charge >= 0.3 is 5.97 Å². The molecule has 0 fully saturated rings. The number of carboxylic acids is 1. The average Bonchev–Trinajstić information content (AvgIpc) is 2.37. The second kappa shape index (κ2) is 6.65. The number of hydrogen-bond donors (Lipinski definition) is 2. The Labute approximate surface area is 113 Å². The second-order valence-corrected chi connectivity index (χ2v) is 5.93. The van der Waals surface area contributed by atoms with E-state index in [0.717, 1.165) is 9.87 Å². The monoisotopic (exact) mass is 286 g/mol. The van der Waals surface area contributed by atoms with Gasteiger partial charge in [-0.05, 0) is 12.0 Å². The molecule has 19 heavy (non-hydrogen) atoms. The molecule has 0 saturated heterocycles. The number of nitrogens with one attached hydrogen (secondary N) is 1. The van der Waals surface area contributed by atoms with Gasteiger partial charge in [0.15, 0.2) is 0 Å². The van der Waals surface area contributed by atoms with E-state index < -0.39 is 22.2 Å². The fourth-order valence-corrected chi connectivity index (χ4v) is 2.53. The van der Waals surface area contributed by atoms with Gasteiger partial charge in [-0.2, -0.15) is 17.4 Å². The van der Waals surface area contributed by atoms with E-state index in [9.17, 15) is 13.2 Å². The smallest absolute Gasteiger partial charge is 0.322 e. The third-order valence-corrected chi connectivity index (χ3v) is 4.39. The van der Waals surface area contributed by atoms with Crippen LogP contribution in [0.5, 0.6) is 0 Å². The highest BCUT2D eigenvalue weighted by molar-refractivity contribution is 7.87. The zero-order valence-electron chi connectivity index (χ0n) is 10.9. The Bertz CT molecular complexity index is 516. The van der Waals surface area contributed by atoms with E-state index in [4.69, 9.17) is 5.11 Å². The molecule has 0 aliphatic heterocycles. The van der Waals surface area contributed by atoms with Gasteiger partial charge in [-0.15, -0.1) is 0 Å². The van der Waals surface area contributed by atoms with Gasteiger partial charge in [0, 0.05) is 13.6 Å². The molecule has 1 aromatic carbocycles. The molecule has 0 spiro atoms. The Balaban J connectivity index is 2.83. The molecular formula is C12H18N2O4S. The zero-order valence-corrected chi connectivity index (χ0v) is 11.7. The molecule has 0 amide bonds. The van der Waals surface area contributed by atoms with Crippen molar-refractivity contribution in [3.8, 4) is 0 Å². The second-order valence-electron chi connectivity index (χ2n) is 4.12. The Kier molecular flexibility index (Phi) is 5.46. The van der Waals surface area contributed by atoms with Gasteiger partial charge in [0.2, 0.25) is 0 Å². The van der Waals surface area contributed by atoms with Crippen LogP contribution in [0.3, 0.4) is 0 Å². The molecule has 6 nitrogen and oxygen atoms in total. The summed E-state index contributed by atoms with van der Waals surface area (Å²) in [6, 6.07) is 7.71. The number of aliphatic carboxylic acids is 1. The highest BCUT2D eigenvalue weighted by atomic mass is 32.2. The van der Waals surface area contributed by atoms with Crippen molar-refractivity contribution in [1.82, 2.24) is 9.03 Å². The standard InChI is InChI=1S/C12H18N2O4S/c1-3-14(2)19(17,18)13-11(12(15)16)9-10-7-5-4-6-8-10/h4-8,11,13H,3,9H2,1-2H3,(H,15,16)/t11-/m1/s1.